The molecular weight excluding hydrogens is 469 g/mol. The van der Waals surface area contributed by atoms with Crippen LogP contribution in [-0.2, 0) is 26.2 Å². The van der Waals surface area contributed by atoms with Crippen molar-refractivity contribution in [1.82, 2.24) is 10.2 Å². The fourth-order valence-corrected chi connectivity index (χ4v) is 4.07. The van der Waals surface area contributed by atoms with E-state index in [9.17, 15) is 22.4 Å². The number of rotatable bonds is 8. The average Bonchev–Trinajstić information content (AvgIpc) is 2.69. The van der Waals surface area contributed by atoms with Crippen LogP contribution in [0.1, 0.15) is 33.3 Å². The van der Waals surface area contributed by atoms with Crippen LogP contribution >= 0.6 is 11.6 Å². The molecular formula is C23H29ClFN3O4S. The first-order valence-electron chi connectivity index (χ1n) is 10.3. The van der Waals surface area contributed by atoms with Gasteiger partial charge in [0.1, 0.15) is 18.4 Å². The van der Waals surface area contributed by atoms with Crippen molar-refractivity contribution in [2.24, 2.45) is 0 Å². The van der Waals surface area contributed by atoms with Gasteiger partial charge in [-0.3, -0.25) is 13.9 Å². The lowest BCUT2D eigenvalue weighted by Gasteiger charge is -2.33. The van der Waals surface area contributed by atoms with Crippen LogP contribution in [-0.4, -0.2) is 49.5 Å². The zero-order chi connectivity index (χ0) is 25.0. The largest absolute Gasteiger partial charge is 0.350 e. The van der Waals surface area contributed by atoms with Crippen molar-refractivity contribution in [2.45, 2.75) is 45.8 Å². The summed E-state index contributed by atoms with van der Waals surface area (Å²) < 4.78 is 39.9. The van der Waals surface area contributed by atoms with Gasteiger partial charge in [0.15, 0.2) is 0 Å². The van der Waals surface area contributed by atoms with Crippen LogP contribution in [0.25, 0.3) is 0 Å². The molecule has 0 aromatic heterocycles. The lowest BCUT2D eigenvalue weighted by Crippen LogP contribution is -2.54. The first kappa shape index (κ1) is 26.6. The molecule has 1 atom stereocenters. The van der Waals surface area contributed by atoms with E-state index in [4.69, 9.17) is 11.6 Å². The van der Waals surface area contributed by atoms with Crippen LogP contribution in [0.15, 0.2) is 48.5 Å². The Labute approximate surface area is 199 Å². The molecule has 0 heterocycles. The van der Waals surface area contributed by atoms with Crippen LogP contribution in [0.4, 0.5) is 10.1 Å². The van der Waals surface area contributed by atoms with Gasteiger partial charge in [-0.1, -0.05) is 35.9 Å². The van der Waals surface area contributed by atoms with Crippen LogP contribution < -0.4 is 9.62 Å². The maximum Gasteiger partial charge on any atom is 0.244 e. The molecule has 0 saturated carbocycles. The molecule has 0 saturated heterocycles. The van der Waals surface area contributed by atoms with E-state index >= 15 is 0 Å². The quantitative estimate of drug-likeness (QED) is 0.604. The molecule has 33 heavy (non-hydrogen) atoms. The van der Waals surface area contributed by atoms with Crippen molar-refractivity contribution < 1.29 is 22.4 Å². The molecule has 0 bridgehead atoms. The van der Waals surface area contributed by atoms with E-state index < -0.39 is 45.8 Å². The Kier molecular flexibility index (Phi) is 8.48. The summed E-state index contributed by atoms with van der Waals surface area (Å²) in [7, 11) is -3.99. The summed E-state index contributed by atoms with van der Waals surface area (Å²) in [5, 5.41) is 3.34. The Morgan fingerprint density at radius 2 is 1.67 bits per heavy atom. The minimum atomic E-state index is -3.99. The normalized spacial score (nSPS) is 12.7. The molecule has 2 amide bonds. The van der Waals surface area contributed by atoms with Gasteiger partial charge in [-0.25, -0.2) is 12.8 Å². The number of nitrogens with zero attached hydrogens (tertiary/aromatic N) is 2. The zero-order valence-corrected chi connectivity index (χ0v) is 20.9. The van der Waals surface area contributed by atoms with Gasteiger partial charge in [0.25, 0.3) is 0 Å². The van der Waals surface area contributed by atoms with E-state index in [2.05, 4.69) is 5.32 Å². The Morgan fingerprint density at radius 1 is 1.09 bits per heavy atom. The van der Waals surface area contributed by atoms with E-state index in [1.165, 1.54) is 23.1 Å². The van der Waals surface area contributed by atoms with E-state index in [1.807, 2.05) is 20.8 Å². The van der Waals surface area contributed by atoms with Crippen molar-refractivity contribution >= 4 is 39.1 Å². The van der Waals surface area contributed by atoms with Crippen molar-refractivity contribution in [2.75, 3.05) is 17.1 Å². The molecule has 180 valence electrons. The van der Waals surface area contributed by atoms with Crippen LogP contribution in [0.2, 0.25) is 5.02 Å². The summed E-state index contributed by atoms with van der Waals surface area (Å²) in [6.45, 7) is 6.36. The topological polar surface area (TPSA) is 86.8 Å². The van der Waals surface area contributed by atoms with Crippen molar-refractivity contribution in [3.8, 4) is 0 Å². The molecule has 0 radical (unpaired) electrons. The number of anilines is 1. The number of carbonyl (C=O) groups excluding carboxylic acids is 2. The molecule has 0 aliphatic carbocycles. The van der Waals surface area contributed by atoms with Gasteiger partial charge < -0.3 is 10.2 Å². The van der Waals surface area contributed by atoms with E-state index in [0.717, 1.165) is 12.3 Å². The molecule has 2 aromatic rings. The average molecular weight is 498 g/mol. The summed E-state index contributed by atoms with van der Waals surface area (Å²) in [4.78, 5) is 27.5. The van der Waals surface area contributed by atoms with Gasteiger partial charge in [0.05, 0.1) is 11.9 Å². The van der Waals surface area contributed by atoms with E-state index in [-0.39, 0.29) is 12.2 Å². The van der Waals surface area contributed by atoms with Crippen LogP contribution in [0.5, 0.6) is 0 Å². The smallest absolute Gasteiger partial charge is 0.244 e. The maximum atomic E-state index is 14.4. The van der Waals surface area contributed by atoms with E-state index in [0.29, 0.717) is 14.9 Å². The number of benzene rings is 2. The van der Waals surface area contributed by atoms with Gasteiger partial charge in [0, 0.05) is 17.1 Å². The predicted octanol–water partition coefficient (Wildman–Crippen LogP) is 3.58. The molecule has 1 unspecified atom stereocenters. The minimum absolute atomic E-state index is 0.0314. The van der Waals surface area contributed by atoms with Gasteiger partial charge in [-0.05, 0) is 57.5 Å². The highest BCUT2D eigenvalue weighted by Gasteiger charge is 2.32. The second-order valence-corrected chi connectivity index (χ2v) is 11.1. The number of carbonyl (C=O) groups is 2. The highest BCUT2D eigenvalue weighted by Crippen LogP contribution is 2.22. The van der Waals surface area contributed by atoms with Crippen molar-refractivity contribution in [3.05, 3.63) is 64.9 Å². The number of hydrogen-bond donors (Lipinski definition) is 1. The number of nitrogens with one attached hydrogen (secondary N) is 1. The molecule has 7 nitrogen and oxygen atoms in total. The number of para-hydroxylation sites is 1. The zero-order valence-electron chi connectivity index (χ0n) is 19.3. The fraction of sp³-hybridized carbons (Fsp3) is 0.391. The number of sulfonamides is 1. The van der Waals surface area contributed by atoms with Gasteiger partial charge in [-0.15, -0.1) is 0 Å². The first-order valence-corrected chi connectivity index (χ1v) is 12.5. The van der Waals surface area contributed by atoms with Gasteiger partial charge in [0.2, 0.25) is 21.8 Å². The number of halogens is 2. The van der Waals surface area contributed by atoms with Gasteiger partial charge in [-0.2, -0.15) is 0 Å². The Morgan fingerprint density at radius 3 is 2.18 bits per heavy atom. The van der Waals surface area contributed by atoms with Crippen LogP contribution in [0, 0.1) is 5.82 Å². The number of amides is 2. The maximum absolute atomic E-state index is 14.4. The fourth-order valence-electron chi connectivity index (χ4n) is 3.09. The summed E-state index contributed by atoms with van der Waals surface area (Å²) >= 11 is 5.94. The number of hydrogen-bond acceptors (Lipinski definition) is 4. The SMILES string of the molecule is CC(C(=O)NC(C)(C)C)N(Cc1ccc(Cl)cc1)C(=O)CN(c1ccccc1F)S(C)(=O)=O. The molecule has 2 aromatic carbocycles. The Balaban J connectivity index is 2.41. The molecule has 0 aliphatic rings. The van der Waals surface area contributed by atoms with Gasteiger partial charge >= 0.3 is 0 Å². The molecule has 0 fully saturated rings. The third-order valence-corrected chi connectivity index (χ3v) is 6.11. The third-order valence-electron chi connectivity index (χ3n) is 4.73. The third kappa shape index (κ3) is 7.71. The lowest BCUT2D eigenvalue weighted by atomic mass is 10.1. The van der Waals surface area contributed by atoms with Crippen LogP contribution in [0.3, 0.4) is 0 Å². The summed E-state index contributed by atoms with van der Waals surface area (Å²) in [5.41, 5.74) is -0.0849. The summed E-state index contributed by atoms with van der Waals surface area (Å²) in [6, 6.07) is 11.1. The monoisotopic (exact) mass is 497 g/mol. The second kappa shape index (κ2) is 10.5. The van der Waals surface area contributed by atoms with Crippen molar-refractivity contribution in [1.29, 1.82) is 0 Å². The summed E-state index contributed by atoms with van der Waals surface area (Å²) in [5.74, 6) is -1.84. The summed E-state index contributed by atoms with van der Waals surface area (Å²) in [6.07, 6.45) is 0.895. The highest BCUT2D eigenvalue weighted by molar-refractivity contribution is 7.92. The predicted molar refractivity (Wildman–Crippen MR) is 128 cm³/mol. The molecule has 0 spiro atoms. The highest BCUT2D eigenvalue weighted by atomic mass is 35.5. The molecule has 2 rings (SSSR count). The van der Waals surface area contributed by atoms with Crippen molar-refractivity contribution in [3.63, 3.8) is 0 Å². The first-order chi connectivity index (χ1) is 15.2. The van der Waals surface area contributed by atoms with E-state index in [1.54, 1.807) is 31.2 Å². The Bertz CT molecular complexity index is 1100. The Hall–Kier alpha value is -2.65. The minimum Gasteiger partial charge on any atom is -0.350 e. The molecule has 1 N–H and O–H groups in total. The standard InChI is InChI=1S/C23H29ClFN3O4S/c1-16(22(30)26-23(2,3)4)27(14-17-10-12-18(24)13-11-17)21(29)15-28(33(5,31)32)20-9-7-6-8-19(20)25/h6-13,16H,14-15H2,1-5H3,(H,26,30). The molecule has 10 heteroatoms. The molecule has 0 aliphatic heterocycles. The lowest BCUT2D eigenvalue weighted by molar-refractivity contribution is -0.140. The second-order valence-electron chi connectivity index (χ2n) is 8.78.